The van der Waals surface area contributed by atoms with Crippen molar-refractivity contribution >= 4 is 44.6 Å². The molecule has 0 atom stereocenters. The number of carbonyl (C=O) groups is 2. The summed E-state index contributed by atoms with van der Waals surface area (Å²) < 4.78 is 85.5. The van der Waals surface area contributed by atoms with E-state index >= 15 is 0 Å². The van der Waals surface area contributed by atoms with Crippen molar-refractivity contribution in [2.24, 2.45) is 0 Å². The van der Waals surface area contributed by atoms with Crippen LogP contribution in [0.5, 0.6) is 0 Å². The Morgan fingerprint density at radius 2 is 2.10 bits per heavy atom. The Morgan fingerprint density at radius 3 is 2.79 bits per heavy atom. The number of anilines is 2. The van der Waals surface area contributed by atoms with Crippen LogP contribution in [0, 0.1) is 20.7 Å². The standard InChI is InChI=1S/C19H19N3O5S2/c1-10-7-11(2)16(14(8-10)13(4)23)21-18(24)17-15(5-6-28-17)29(25,26)22-19-12(3)9-20-27-19/h5-9,22H,1-4H3,(H,21,24)/i3D3,7D,9D/hD2. The van der Waals surface area contributed by atoms with Crippen molar-refractivity contribution in [2.75, 3.05) is 10.0 Å². The van der Waals surface area contributed by atoms with Gasteiger partial charge in [0, 0.05) is 15.2 Å². The smallest absolute Gasteiger partial charge is 0.267 e. The van der Waals surface area contributed by atoms with Crippen molar-refractivity contribution < 1.29 is 32.2 Å². The molecule has 3 rings (SSSR count). The van der Waals surface area contributed by atoms with Crippen LogP contribution in [0.4, 0.5) is 11.6 Å². The maximum absolute atomic E-state index is 13.3. The molecule has 0 bridgehead atoms. The number of hydrogen-bond acceptors (Lipinski definition) is 7. The van der Waals surface area contributed by atoms with Gasteiger partial charge in [-0.3, -0.25) is 9.59 Å². The summed E-state index contributed by atoms with van der Waals surface area (Å²) in [5.74, 6) is -2.69. The minimum atomic E-state index is -4.95. The Bertz CT molecular complexity index is 1480. The normalized spacial score (nSPS) is 15.2. The van der Waals surface area contributed by atoms with Gasteiger partial charge in [0.2, 0.25) is 5.88 Å². The van der Waals surface area contributed by atoms with Crippen LogP contribution in [-0.4, -0.2) is 25.3 Å². The van der Waals surface area contributed by atoms with Gasteiger partial charge in [0.25, 0.3) is 15.9 Å². The van der Waals surface area contributed by atoms with Gasteiger partial charge in [-0.1, -0.05) is 11.2 Å². The summed E-state index contributed by atoms with van der Waals surface area (Å²) in [5, 5.41) is 4.66. The second-order valence-corrected chi connectivity index (χ2v) is 8.46. The first-order valence-corrected chi connectivity index (χ1v) is 10.4. The molecule has 0 spiro atoms. The Hall–Kier alpha value is -2.98. The van der Waals surface area contributed by atoms with Gasteiger partial charge in [-0.15, -0.1) is 11.3 Å². The van der Waals surface area contributed by atoms with Gasteiger partial charge >= 0.3 is 0 Å². The first-order chi connectivity index (χ1) is 16.5. The number of aryl methyl sites for hydroxylation is 1. The molecule has 0 saturated carbocycles. The summed E-state index contributed by atoms with van der Waals surface area (Å²) in [7, 11) is -4.95. The van der Waals surface area contributed by atoms with E-state index in [2.05, 4.69) is 9.68 Å². The number of nitrogens with one attached hydrogen (secondary N) is 2. The lowest BCUT2D eigenvalue weighted by molar-refractivity contribution is 0.101. The van der Waals surface area contributed by atoms with E-state index in [9.17, 15) is 18.0 Å². The summed E-state index contributed by atoms with van der Waals surface area (Å²) in [6.45, 7) is 1.24. The van der Waals surface area contributed by atoms with Crippen LogP contribution < -0.4 is 10.0 Å². The SMILES string of the molecule is [2H]c1noc(N([2H])S(=O)(=O)c2ccsc2C(=O)N([2H])c2c(C(C)=O)cc(C)c([2H])c2C)c1C([2H])([2H])[2H]. The highest BCUT2D eigenvalue weighted by atomic mass is 32.2. The topological polar surface area (TPSA) is 118 Å². The fraction of sp³-hybridized carbons (Fsp3) is 0.211. The highest BCUT2D eigenvalue weighted by Crippen LogP contribution is 2.29. The summed E-state index contributed by atoms with van der Waals surface area (Å²) >= 11 is 0.636. The van der Waals surface area contributed by atoms with E-state index in [-0.39, 0.29) is 27.6 Å². The van der Waals surface area contributed by atoms with E-state index in [1.54, 1.807) is 6.92 Å². The van der Waals surface area contributed by atoms with Crippen LogP contribution in [0.2, 0.25) is 2.82 Å². The number of thiophene rings is 1. The quantitative estimate of drug-likeness (QED) is 0.561. The number of rotatable bonds is 6. The maximum atomic E-state index is 13.3. The lowest BCUT2D eigenvalue weighted by Gasteiger charge is -2.14. The Kier molecular flexibility index (Phi) is 3.57. The van der Waals surface area contributed by atoms with E-state index < -0.39 is 56.0 Å². The van der Waals surface area contributed by atoms with Crippen LogP contribution in [-0.2, 0) is 10.0 Å². The van der Waals surface area contributed by atoms with Gasteiger partial charge in [0.15, 0.2) is 8.61 Å². The Morgan fingerprint density at radius 1 is 1.34 bits per heavy atom. The highest BCUT2D eigenvalue weighted by Gasteiger charge is 2.27. The average molecular weight is 441 g/mol. The highest BCUT2D eigenvalue weighted by molar-refractivity contribution is 7.93. The molecule has 3 aromatic rings. The number of carbonyl (C=O) groups excluding carboxylic acids is 2. The summed E-state index contributed by atoms with van der Waals surface area (Å²) in [6, 6.07) is 2.34. The molecule has 0 unspecified atom stereocenters. The fourth-order valence-electron chi connectivity index (χ4n) is 2.53. The molecular weight excluding hydrogens is 414 g/mol. The molecule has 0 aliphatic rings. The molecule has 0 aliphatic carbocycles. The number of aromatic nitrogens is 1. The minimum Gasteiger partial charge on any atom is -0.338 e. The summed E-state index contributed by atoms with van der Waals surface area (Å²) in [6.07, 6.45) is -0.880. The number of hydrogen-bond donors (Lipinski definition) is 2. The van der Waals surface area contributed by atoms with Crippen LogP contribution in [0.3, 0.4) is 0 Å². The van der Waals surface area contributed by atoms with Crippen LogP contribution in [0.15, 0.2) is 39.1 Å². The van der Waals surface area contributed by atoms with E-state index in [1.807, 2.05) is 0 Å². The molecule has 29 heavy (non-hydrogen) atoms. The third-order valence-corrected chi connectivity index (χ3v) is 6.09. The predicted molar refractivity (Wildman–Crippen MR) is 110 cm³/mol. The van der Waals surface area contributed by atoms with E-state index in [1.165, 1.54) is 25.3 Å². The number of benzene rings is 1. The van der Waals surface area contributed by atoms with Crippen molar-refractivity contribution in [2.45, 2.75) is 32.5 Å². The molecular formula is C19H19N3O5S2. The van der Waals surface area contributed by atoms with Gasteiger partial charge < -0.3 is 9.83 Å². The van der Waals surface area contributed by atoms with Crippen LogP contribution >= 0.6 is 11.3 Å². The third-order valence-electron chi connectivity index (χ3n) is 3.76. The van der Waals surface area contributed by atoms with Crippen molar-refractivity contribution in [1.29, 1.82) is 0 Å². The largest absolute Gasteiger partial charge is 0.338 e. The molecule has 1 amide bonds. The van der Waals surface area contributed by atoms with Gasteiger partial charge in [0.1, 0.15) is 9.77 Å². The van der Waals surface area contributed by atoms with E-state index in [0.717, 1.165) is 6.07 Å². The van der Waals surface area contributed by atoms with E-state index in [0.29, 0.717) is 22.2 Å². The molecule has 0 aliphatic heterocycles. The monoisotopic (exact) mass is 440 g/mol. The number of nitrogens with zero attached hydrogens (tertiary/aromatic N) is 1. The number of sulfonamides is 1. The lowest BCUT2D eigenvalue weighted by Crippen LogP contribution is -2.20. The first-order valence-electron chi connectivity index (χ1n) is 11.4. The molecule has 0 fully saturated rings. The third kappa shape index (κ3) is 4.22. The zero-order chi connectivity index (χ0) is 27.3. The average Bonchev–Trinajstić information content (AvgIpc) is 3.42. The summed E-state index contributed by atoms with van der Waals surface area (Å²) in [5.41, 5.74) is -0.521. The zero-order valence-electron chi connectivity index (χ0n) is 22.4. The predicted octanol–water partition coefficient (Wildman–Crippen LogP) is 3.92. The van der Waals surface area contributed by atoms with Gasteiger partial charge in [0.05, 0.1) is 14.6 Å². The maximum Gasteiger partial charge on any atom is 0.267 e. The number of ketones is 1. The molecule has 152 valence electrons. The zero-order valence-corrected chi connectivity index (χ0v) is 17.1. The molecule has 2 N–H and O–H groups in total. The molecule has 0 saturated heterocycles. The second kappa shape index (κ2) is 7.80. The molecule has 2 heterocycles. The van der Waals surface area contributed by atoms with Crippen LogP contribution in [0.25, 0.3) is 0 Å². The van der Waals surface area contributed by atoms with Gasteiger partial charge in [-0.25, -0.2) is 13.1 Å². The first kappa shape index (κ1) is 13.3. The van der Waals surface area contributed by atoms with Gasteiger partial charge in [-0.05, 0) is 56.3 Å². The molecule has 8 nitrogen and oxygen atoms in total. The molecule has 1 aromatic carbocycles. The Balaban J connectivity index is 2.11. The second-order valence-electron chi connectivity index (χ2n) is 5.97. The van der Waals surface area contributed by atoms with Gasteiger partial charge in [-0.2, -0.15) is 0 Å². The van der Waals surface area contributed by atoms with E-state index in [4.69, 9.17) is 9.68 Å². The molecule has 0 radical (unpaired) electrons. The molecule has 2 aromatic heterocycles. The van der Waals surface area contributed by atoms with Crippen molar-refractivity contribution in [3.8, 4) is 0 Å². The van der Waals surface area contributed by atoms with Crippen LogP contribution in [0.1, 0.15) is 50.5 Å². The molecule has 10 heteroatoms. The summed E-state index contributed by atoms with van der Waals surface area (Å²) in [4.78, 5) is 24.2. The minimum absolute atomic E-state index is 0.00915. The number of amides is 1. The fourth-order valence-corrected chi connectivity index (χ4v) is 4.75. The van der Waals surface area contributed by atoms with Crippen molar-refractivity contribution in [1.82, 2.24) is 5.16 Å². The lowest BCUT2D eigenvalue weighted by atomic mass is 10.0. The van der Waals surface area contributed by atoms with Crippen molar-refractivity contribution in [3.63, 3.8) is 0 Å². The van der Waals surface area contributed by atoms with Crippen molar-refractivity contribution in [3.05, 3.63) is 56.9 Å². The Labute approximate surface area is 181 Å². The number of Topliss-reactive ketones (excluding diaryl/α,β-unsaturated/α-hetero) is 1.